The summed E-state index contributed by atoms with van der Waals surface area (Å²) >= 11 is 0. The lowest BCUT2D eigenvalue weighted by Gasteiger charge is -2.29. The summed E-state index contributed by atoms with van der Waals surface area (Å²) in [4.78, 5) is 5.03. The average molecular weight is 368 g/mol. The molecule has 1 aliphatic rings. The number of hydrogen-bond donors (Lipinski definition) is 2. The van der Waals surface area contributed by atoms with E-state index in [9.17, 15) is 5.11 Å². The van der Waals surface area contributed by atoms with Crippen LogP contribution in [0.5, 0.6) is 0 Å². The molecule has 140 valence electrons. The predicted octanol–water partition coefficient (Wildman–Crippen LogP) is 5.23. The van der Waals surface area contributed by atoms with Gasteiger partial charge in [0, 0.05) is 22.4 Å². The van der Waals surface area contributed by atoms with Crippen LogP contribution in [0.15, 0.2) is 72.8 Å². The number of fused-ring (bicyclic) bond motifs is 3. The van der Waals surface area contributed by atoms with Crippen molar-refractivity contribution in [1.29, 1.82) is 0 Å². The van der Waals surface area contributed by atoms with E-state index < -0.39 is 6.10 Å². The van der Waals surface area contributed by atoms with Crippen LogP contribution >= 0.6 is 0 Å². The monoisotopic (exact) mass is 368 g/mol. The molecule has 2 atom stereocenters. The zero-order chi connectivity index (χ0) is 18.9. The lowest BCUT2D eigenvalue weighted by Crippen LogP contribution is -2.38. The fourth-order valence-electron chi connectivity index (χ4n) is 4.35. The second-order valence-corrected chi connectivity index (χ2v) is 7.65. The van der Waals surface area contributed by atoms with Gasteiger partial charge in [0.2, 0.25) is 0 Å². The van der Waals surface area contributed by atoms with E-state index in [2.05, 4.69) is 59.9 Å². The number of pyridine rings is 1. The number of aliphatic hydroxyl groups excluding tert-OH is 1. The number of benzene rings is 3. The van der Waals surface area contributed by atoms with Crippen LogP contribution in [0.4, 0.5) is 0 Å². The fourth-order valence-corrected chi connectivity index (χ4v) is 4.35. The number of piperidine rings is 1. The highest BCUT2D eigenvalue weighted by atomic mass is 16.3. The molecular formula is C25H24N2O. The van der Waals surface area contributed by atoms with Crippen molar-refractivity contribution in [1.82, 2.24) is 10.3 Å². The quantitative estimate of drug-likeness (QED) is 0.487. The third-order valence-electron chi connectivity index (χ3n) is 5.85. The zero-order valence-corrected chi connectivity index (χ0v) is 15.8. The maximum absolute atomic E-state index is 11.3. The van der Waals surface area contributed by atoms with E-state index in [-0.39, 0.29) is 6.04 Å². The van der Waals surface area contributed by atoms with Gasteiger partial charge in [-0.2, -0.15) is 0 Å². The third-order valence-corrected chi connectivity index (χ3v) is 5.85. The molecule has 1 aliphatic heterocycles. The highest BCUT2D eigenvalue weighted by Crippen LogP contribution is 2.35. The number of hydrogen-bond acceptors (Lipinski definition) is 3. The van der Waals surface area contributed by atoms with Crippen LogP contribution in [-0.4, -0.2) is 22.7 Å². The van der Waals surface area contributed by atoms with Gasteiger partial charge >= 0.3 is 0 Å². The molecule has 28 heavy (non-hydrogen) atoms. The minimum Gasteiger partial charge on any atom is -0.387 e. The second-order valence-electron chi connectivity index (χ2n) is 7.65. The fraction of sp³-hybridized carbons (Fsp3) is 0.240. The SMILES string of the molecule is O[C@H](c1cc(-c2ccccc2)nc2c1ccc1ccccc12)[C@H]1CCCCN1. The molecule has 1 saturated heterocycles. The lowest BCUT2D eigenvalue weighted by molar-refractivity contribution is 0.115. The molecule has 1 fully saturated rings. The first kappa shape index (κ1) is 17.4. The molecule has 4 aromatic rings. The standard InChI is InChI=1S/C25H24N2O/c28-25(22-12-6-7-15-26-22)21-16-23(18-9-2-1-3-10-18)27-24-19-11-5-4-8-17(19)13-14-20(21)24/h1-5,8-11,13-14,16,22,25-26,28H,6-7,12,15H2/t22-,25-/m1/s1. The highest BCUT2D eigenvalue weighted by molar-refractivity contribution is 6.07. The van der Waals surface area contributed by atoms with Gasteiger partial charge in [0.1, 0.15) is 0 Å². The Morgan fingerprint density at radius 2 is 1.71 bits per heavy atom. The Balaban J connectivity index is 1.76. The molecule has 0 aliphatic carbocycles. The summed E-state index contributed by atoms with van der Waals surface area (Å²) in [6.07, 6.45) is 2.79. The molecule has 0 spiro atoms. The zero-order valence-electron chi connectivity index (χ0n) is 15.8. The van der Waals surface area contributed by atoms with Crippen LogP contribution < -0.4 is 5.32 Å². The summed E-state index contributed by atoms with van der Waals surface area (Å²) in [6.45, 7) is 0.971. The van der Waals surface area contributed by atoms with Crippen molar-refractivity contribution >= 4 is 21.7 Å². The van der Waals surface area contributed by atoms with E-state index in [1.54, 1.807) is 0 Å². The van der Waals surface area contributed by atoms with E-state index >= 15 is 0 Å². The van der Waals surface area contributed by atoms with Crippen LogP contribution in [0.2, 0.25) is 0 Å². The molecule has 0 unspecified atom stereocenters. The van der Waals surface area contributed by atoms with Crippen LogP contribution in [0.3, 0.4) is 0 Å². The lowest BCUT2D eigenvalue weighted by atomic mass is 9.91. The minimum absolute atomic E-state index is 0.0921. The molecule has 3 heteroatoms. The average Bonchev–Trinajstić information content (AvgIpc) is 2.79. The summed E-state index contributed by atoms with van der Waals surface area (Å²) in [5, 5.41) is 18.1. The van der Waals surface area contributed by atoms with E-state index in [0.29, 0.717) is 0 Å². The predicted molar refractivity (Wildman–Crippen MR) is 115 cm³/mol. The van der Waals surface area contributed by atoms with Crippen LogP contribution in [-0.2, 0) is 0 Å². The Bertz CT molecular complexity index is 1120. The molecule has 0 saturated carbocycles. The normalized spacial score (nSPS) is 18.4. The van der Waals surface area contributed by atoms with Crippen LogP contribution in [0, 0.1) is 0 Å². The Morgan fingerprint density at radius 3 is 2.54 bits per heavy atom. The molecule has 1 aromatic heterocycles. The number of nitrogens with one attached hydrogen (secondary N) is 1. The number of aliphatic hydroxyl groups is 1. The molecule has 3 aromatic carbocycles. The molecule has 2 heterocycles. The van der Waals surface area contributed by atoms with Crippen molar-refractivity contribution in [2.24, 2.45) is 0 Å². The van der Waals surface area contributed by atoms with Crippen molar-refractivity contribution in [3.05, 3.63) is 78.4 Å². The topological polar surface area (TPSA) is 45.2 Å². The molecule has 0 radical (unpaired) electrons. The number of aromatic nitrogens is 1. The first-order chi connectivity index (χ1) is 13.8. The third kappa shape index (κ3) is 3.07. The largest absolute Gasteiger partial charge is 0.387 e. The van der Waals surface area contributed by atoms with Gasteiger partial charge in [-0.1, -0.05) is 73.2 Å². The Morgan fingerprint density at radius 1 is 0.893 bits per heavy atom. The highest BCUT2D eigenvalue weighted by Gasteiger charge is 2.25. The van der Waals surface area contributed by atoms with Gasteiger partial charge in [-0.25, -0.2) is 4.98 Å². The number of nitrogens with zero attached hydrogens (tertiary/aromatic N) is 1. The van der Waals surface area contributed by atoms with E-state index in [1.807, 2.05) is 18.2 Å². The summed E-state index contributed by atoms with van der Waals surface area (Å²) < 4.78 is 0. The van der Waals surface area contributed by atoms with Gasteiger partial charge in [0.05, 0.1) is 17.3 Å². The maximum Gasteiger partial charge on any atom is 0.0950 e. The van der Waals surface area contributed by atoms with Gasteiger partial charge in [0.25, 0.3) is 0 Å². The van der Waals surface area contributed by atoms with E-state index in [4.69, 9.17) is 4.98 Å². The van der Waals surface area contributed by atoms with E-state index in [1.165, 1.54) is 11.8 Å². The van der Waals surface area contributed by atoms with Crippen molar-refractivity contribution in [2.75, 3.05) is 6.54 Å². The molecule has 0 bridgehead atoms. The Kier molecular flexibility index (Phi) is 4.55. The van der Waals surface area contributed by atoms with Crippen molar-refractivity contribution < 1.29 is 5.11 Å². The van der Waals surface area contributed by atoms with Crippen LogP contribution in [0.1, 0.15) is 30.9 Å². The minimum atomic E-state index is -0.547. The van der Waals surface area contributed by atoms with Gasteiger partial charge in [0.15, 0.2) is 0 Å². The smallest absolute Gasteiger partial charge is 0.0950 e. The van der Waals surface area contributed by atoms with Gasteiger partial charge in [-0.15, -0.1) is 0 Å². The van der Waals surface area contributed by atoms with Gasteiger partial charge in [-0.3, -0.25) is 0 Å². The maximum atomic E-state index is 11.3. The molecule has 2 N–H and O–H groups in total. The van der Waals surface area contributed by atoms with Gasteiger partial charge in [-0.05, 0) is 36.4 Å². The molecule has 3 nitrogen and oxygen atoms in total. The first-order valence-corrected chi connectivity index (χ1v) is 10.1. The summed E-state index contributed by atoms with van der Waals surface area (Å²) in [7, 11) is 0. The molecular weight excluding hydrogens is 344 g/mol. The summed E-state index contributed by atoms with van der Waals surface area (Å²) in [6, 6.07) is 25.0. The van der Waals surface area contributed by atoms with Crippen molar-refractivity contribution in [3.63, 3.8) is 0 Å². The molecule has 0 amide bonds. The van der Waals surface area contributed by atoms with Crippen LogP contribution in [0.25, 0.3) is 32.9 Å². The Labute approximate surface area is 165 Å². The van der Waals surface area contributed by atoms with E-state index in [0.717, 1.165) is 52.5 Å². The van der Waals surface area contributed by atoms with Crippen molar-refractivity contribution in [3.8, 4) is 11.3 Å². The number of rotatable bonds is 3. The van der Waals surface area contributed by atoms with Crippen molar-refractivity contribution in [2.45, 2.75) is 31.4 Å². The van der Waals surface area contributed by atoms with Gasteiger partial charge < -0.3 is 10.4 Å². The summed E-state index contributed by atoms with van der Waals surface area (Å²) in [5.74, 6) is 0. The second kappa shape index (κ2) is 7.34. The molecule has 5 rings (SSSR count). The Hall–Kier alpha value is -2.75. The summed E-state index contributed by atoms with van der Waals surface area (Å²) in [5.41, 5.74) is 3.91. The first-order valence-electron chi connectivity index (χ1n) is 10.1.